The van der Waals surface area contributed by atoms with E-state index in [-0.39, 0.29) is 19.3 Å². The predicted octanol–water partition coefficient (Wildman–Crippen LogP) is -4.54. The molecule has 0 saturated heterocycles. The Morgan fingerprint density at radius 3 is 2.18 bits per heavy atom. The number of primary amides is 1. The van der Waals surface area contributed by atoms with Gasteiger partial charge in [-0.2, -0.15) is 0 Å². The number of imidazole rings is 1. The van der Waals surface area contributed by atoms with Crippen LogP contribution in [-0.2, 0) is 30.4 Å². The molecule has 1 heterocycles. The van der Waals surface area contributed by atoms with Crippen LogP contribution in [0.4, 0.5) is 0 Å². The summed E-state index contributed by atoms with van der Waals surface area (Å²) in [6, 6.07) is -5.67. The summed E-state index contributed by atoms with van der Waals surface area (Å²) < 4.78 is 0. The van der Waals surface area contributed by atoms with Gasteiger partial charge in [-0.3, -0.25) is 19.2 Å². The molecule has 5 atom stereocenters. The van der Waals surface area contributed by atoms with E-state index in [4.69, 9.17) is 21.7 Å². The molecule has 0 bridgehead atoms. The Bertz CT molecular complexity index is 830. The zero-order valence-corrected chi connectivity index (χ0v) is 17.9. The molecular weight excluding hydrogens is 442 g/mol. The molecule has 1 aromatic rings. The van der Waals surface area contributed by atoms with Crippen LogP contribution in [0.25, 0.3) is 0 Å². The van der Waals surface area contributed by atoms with Gasteiger partial charge in [0.2, 0.25) is 23.6 Å². The third-order valence-corrected chi connectivity index (χ3v) is 4.50. The third kappa shape index (κ3) is 9.22. The number of aliphatic carboxylic acids is 1. The average molecular weight is 471 g/mol. The number of aliphatic hydroxyl groups is 2. The van der Waals surface area contributed by atoms with Crippen LogP contribution in [-0.4, -0.2) is 91.8 Å². The number of amides is 4. The van der Waals surface area contributed by atoms with Gasteiger partial charge in [0.15, 0.2) is 6.04 Å². The molecule has 1 aromatic heterocycles. The maximum Gasteiger partial charge on any atom is 0.328 e. The minimum atomic E-state index is -1.67. The average Bonchev–Trinajstić information content (AvgIpc) is 3.25. The molecule has 1 rings (SSSR count). The Balaban J connectivity index is 3.06. The molecular formula is C18H29N7O8. The van der Waals surface area contributed by atoms with Crippen molar-refractivity contribution in [1.82, 2.24) is 25.9 Å². The van der Waals surface area contributed by atoms with E-state index in [1.807, 2.05) is 0 Å². The lowest BCUT2D eigenvalue weighted by atomic mass is 10.1. The summed E-state index contributed by atoms with van der Waals surface area (Å²) in [5.41, 5.74) is 11.0. The molecule has 11 N–H and O–H groups in total. The first-order chi connectivity index (χ1) is 15.5. The fraction of sp³-hybridized carbons (Fsp3) is 0.556. The van der Waals surface area contributed by atoms with Crippen molar-refractivity contribution in [2.75, 3.05) is 6.61 Å². The van der Waals surface area contributed by atoms with Gasteiger partial charge in [0.05, 0.1) is 19.0 Å². The van der Waals surface area contributed by atoms with Gasteiger partial charge in [-0.05, 0) is 13.3 Å². The van der Waals surface area contributed by atoms with Crippen molar-refractivity contribution in [2.24, 2.45) is 11.5 Å². The summed E-state index contributed by atoms with van der Waals surface area (Å²) in [7, 11) is 0. The number of rotatable bonds is 14. The van der Waals surface area contributed by atoms with Gasteiger partial charge in [-0.15, -0.1) is 0 Å². The standard InChI is InChI=1S/C18H29N7O8/c1-8(27)14(18(32)33)25-16(30)11(2-3-13(20)28)23-17(31)12(4-9-5-21-7-22-9)24-15(29)10(19)6-26/h5,7-8,10-12,14,26-27H,2-4,6,19H2,1H3,(H2,20,28)(H,21,22)(H,23,31)(H,24,29)(H,25,30)(H,32,33). The number of H-pyrrole nitrogens is 1. The van der Waals surface area contributed by atoms with E-state index < -0.39 is 66.5 Å². The molecule has 4 amide bonds. The van der Waals surface area contributed by atoms with Crippen molar-refractivity contribution < 1.29 is 39.3 Å². The molecule has 0 fully saturated rings. The Kier molecular flexibility index (Phi) is 10.9. The summed E-state index contributed by atoms with van der Waals surface area (Å²) in [4.78, 5) is 66.6. The second-order valence-corrected chi connectivity index (χ2v) is 7.26. The van der Waals surface area contributed by atoms with Crippen molar-refractivity contribution in [1.29, 1.82) is 0 Å². The van der Waals surface area contributed by atoms with Crippen molar-refractivity contribution in [3.63, 3.8) is 0 Å². The number of nitrogens with one attached hydrogen (secondary N) is 4. The molecule has 33 heavy (non-hydrogen) atoms. The van der Waals surface area contributed by atoms with Crippen molar-refractivity contribution in [3.05, 3.63) is 18.2 Å². The Hall–Kier alpha value is -3.56. The molecule has 15 nitrogen and oxygen atoms in total. The smallest absolute Gasteiger partial charge is 0.328 e. The minimum Gasteiger partial charge on any atom is -0.480 e. The van der Waals surface area contributed by atoms with Gasteiger partial charge in [-0.1, -0.05) is 0 Å². The van der Waals surface area contributed by atoms with E-state index in [0.29, 0.717) is 5.69 Å². The summed E-state index contributed by atoms with van der Waals surface area (Å²) in [6.07, 6.45) is 0.599. The fourth-order valence-electron chi connectivity index (χ4n) is 2.66. The highest BCUT2D eigenvalue weighted by Crippen LogP contribution is 2.05. The summed E-state index contributed by atoms with van der Waals surface area (Å²) in [5, 5.41) is 34.6. The van der Waals surface area contributed by atoms with Crippen LogP contribution in [0.3, 0.4) is 0 Å². The summed E-state index contributed by atoms with van der Waals surface area (Å²) in [5.74, 6) is -4.98. The highest BCUT2D eigenvalue weighted by Gasteiger charge is 2.32. The lowest BCUT2D eigenvalue weighted by Gasteiger charge is -2.25. The van der Waals surface area contributed by atoms with Gasteiger partial charge >= 0.3 is 5.97 Å². The topological polar surface area (TPSA) is 263 Å². The van der Waals surface area contributed by atoms with E-state index in [0.717, 1.165) is 6.92 Å². The Morgan fingerprint density at radius 2 is 1.70 bits per heavy atom. The predicted molar refractivity (Wildman–Crippen MR) is 111 cm³/mol. The first kappa shape index (κ1) is 27.5. The fourth-order valence-corrected chi connectivity index (χ4v) is 2.66. The van der Waals surface area contributed by atoms with E-state index in [9.17, 15) is 29.1 Å². The van der Waals surface area contributed by atoms with Crippen LogP contribution in [0.1, 0.15) is 25.5 Å². The quantitative estimate of drug-likeness (QED) is 0.125. The van der Waals surface area contributed by atoms with Crippen LogP contribution >= 0.6 is 0 Å². The van der Waals surface area contributed by atoms with Gasteiger partial charge < -0.3 is 47.7 Å². The molecule has 0 radical (unpaired) electrons. The zero-order valence-electron chi connectivity index (χ0n) is 17.9. The number of carboxylic acid groups (broad SMARTS) is 1. The number of aromatic nitrogens is 2. The Labute approximate surface area is 188 Å². The zero-order chi connectivity index (χ0) is 25.1. The number of carbonyl (C=O) groups is 5. The van der Waals surface area contributed by atoms with Gasteiger partial charge in [-0.25, -0.2) is 9.78 Å². The monoisotopic (exact) mass is 471 g/mol. The number of hydrogen-bond acceptors (Lipinski definition) is 9. The first-order valence-corrected chi connectivity index (χ1v) is 9.90. The van der Waals surface area contributed by atoms with Gasteiger partial charge in [0, 0.05) is 24.7 Å². The molecule has 0 saturated carbocycles. The molecule has 5 unspecified atom stereocenters. The van der Waals surface area contributed by atoms with E-state index in [1.54, 1.807) is 0 Å². The second kappa shape index (κ2) is 13.1. The van der Waals surface area contributed by atoms with E-state index in [2.05, 4.69) is 25.9 Å². The molecule has 15 heteroatoms. The lowest BCUT2D eigenvalue weighted by molar-refractivity contribution is -0.145. The van der Waals surface area contributed by atoms with Crippen LogP contribution in [0.2, 0.25) is 0 Å². The van der Waals surface area contributed by atoms with Crippen molar-refractivity contribution >= 4 is 29.6 Å². The normalized spacial score (nSPS) is 15.4. The molecule has 0 aromatic carbocycles. The number of aromatic amines is 1. The van der Waals surface area contributed by atoms with Gasteiger partial charge in [0.1, 0.15) is 18.1 Å². The van der Waals surface area contributed by atoms with Crippen LogP contribution in [0.5, 0.6) is 0 Å². The lowest BCUT2D eigenvalue weighted by Crippen LogP contribution is -2.59. The van der Waals surface area contributed by atoms with E-state index in [1.165, 1.54) is 12.5 Å². The highest BCUT2D eigenvalue weighted by atomic mass is 16.4. The van der Waals surface area contributed by atoms with Crippen molar-refractivity contribution in [3.8, 4) is 0 Å². The number of nitrogens with two attached hydrogens (primary N) is 2. The van der Waals surface area contributed by atoms with Gasteiger partial charge in [0.25, 0.3) is 0 Å². The van der Waals surface area contributed by atoms with Crippen LogP contribution < -0.4 is 27.4 Å². The number of hydrogen-bond donors (Lipinski definition) is 9. The second-order valence-electron chi connectivity index (χ2n) is 7.26. The van der Waals surface area contributed by atoms with Crippen LogP contribution in [0, 0.1) is 0 Å². The maximum atomic E-state index is 12.9. The Morgan fingerprint density at radius 1 is 1.09 bits per heavy atom. The van der Waals surface area contributed by atoms with Crippen LogP contribution in [0.15, 0.2) is 12.5 Å². The summed E-state index contributed by atoms with van der Waals surface area (Å²) in [6.45, 7) is 0.472. The van der Waals surface area contributed by atoms with E-state index >= 15 is 0 Å². The number of nitrogens with zero attached hydrogens (tertiary/aromatic N) is 1. The number of carboxylic acids is 1. The molecule has 0 spiro atoms. The first-order valence-electron chi connectivity index (χ1n) is 9.90. The number of carbonyl (C=O) groups excluding carboxylic acids is 4. The number of aliphatic hydroxyl groups excluding tert-OH is 2. The molecule has 0 aliphatic heterocycles. The highest BCUT2D eigenvalue weighted by molar-refractivity contribution is 5.94. The molecule has 0 aliphatic rings. The third-order valence-electron chi connectivity index (χ3n) is 4.50. The largest absolute Gasteiger partial charge is 0.480 e. The maximum absolute atomic E-state index is 12.9. The SMILES string of the molecule is CC(O)C(NC(=O)C(CCC(N)=O)NC(=O)C(Cc1cnc[nH]1)NC(=O)C(N)CO)C(=O)O. The minimum absolute atomic E-state index is 0.0920. The molecule has 0 aliphatic carbocycles. The van der Waals surface area contributed by atoms with Crippen molar-refractivity contribution in [2.45, 2.75) is 56.5 Å². The summed E-state index contributed by atoms with van der Waals surface area (Å²) >= 11 is 0. The molecule has 184 valence electrons.